The van der Waals surface area contributed by atoms with Gasteiger partial charge < -0.3 is 15.0 Å². The number of nitrogens with one attached hydrogen (secondary N) is 1. The van der Waals surface area contributed by atoms with Crippen LogP contribution in [0.5, 0.6) is 5.75 Å². The summed E-state index contributed by atoms with van der Waals surface area (Å²) >= 11 is 0. The molecule has 1 heterocycles. The van der Waals surface area contributed by atoms with Crippen LogP contribution in [0.3, 0.4) is 0 Å². The smallest absolute Gasteiger partial charge is 0.224 e. The number of carbonyl (C=O) groups excluding carboxylic acids is 1. The molecule has 2 aromatic carbocycles. The molecular formula is C23H30N2O2. The number of hydrogen-bond acceptors (Lipinski definition) is 3. The maximum Gasteiger partial charge on any atom is 0.224 e. The summed E-state index contributed by atoms with van der Waals surface area (Å²) in [5.41, 5.74) is 4.48. The summed E-state index contributed by atoms with van der Waals surface area (Å²) in [6.07, 6.45) is 1.38. The zero-order valence-corrected chi connectivity index (χ0v) is 17.0. The predicted molar refractivity (Wildman–Crippen MR) is 112 cm³/mol. The highest BCUT2D eigenvalue weighted by atomic mass is 16.5. The number of aryl methyl sites for hydroxylation is 1. The van der Waals surface area contributed by atoms with Crippen molar-refractivity contribution in [2.45, 2.75) is 52.1 Å². The number of benzene rings is 2. The van der Waals surface area contributed by atoms with Crippen LogP contribution in [0.25, 0.3) is 0 Å². The standard InChI is InChI=1S/C23H30N2O2/c1-16-15-25(5)20-14-19(11-12-21(20)27-16)24-22(26)13-8-17-6-9-18(10-7-17)23(2,3)4/h6-7,9-12,14,16H,8,13,15H2,1-5H3,(H,24,26). The number of ether oxygens (including phenoxy) is 1. The molecule has 0 radical (unpaired) electrons. The normalized spacial score (nSPS) is 16.5. The third-order valence-corrected chi connectivity index (χ3v) is 4.97. The van der Waals surface area contributed by atoms with Crippen LogP contribution in [0.15, 0.2) is 42.5 Å². The molecule has 1 amide bonds. The second-order valence-electron chi connectivity index (χ2n) is 8.49. The van der Waals surface area contributed by atoms with Gasteiger partial charge in [0, 0.05) is 19.2 Å². The predicted octanol–water partition coefficient (Wildman–Crippen LogP) is 4.77. The summed E-state index contributed by atoms with van der Waals surface area (Å²) < 4.78 is 5.85. The molecule has 0 spiro atoms. The second kappa shape index (κ2) is 7.63. The van der Waals surface area contributed by atoms with Crippen molar-refractivity contribution in [1.82, 2.24) is 0 Å². The van der Waals surface area contributed by atoms with Gasteiger partial charge in [0.25, 0.3) is 0 Å². The van der Waals surface area contributed by atoms with E-state index in [1.165, 1.54) is 11.1 Å². The van der Waals surface area contributed by atoms with Gasteiger partial charge in [0.15, 0.2) is 0 Å². The fraction of sp³-hybridized carbons (Fsp3) is 0.435. The van der Waals surface area contributed by atoms with Gasteiger partial charge in [0.1, 0.15) is 11.9 Å². The lowest BCUT2D eigenvalue weighted by molar-refractivity contribution is -0.116. The Morgan fingerprint density at radius 2 is 1.89 bits per heavy atom. The molecule has 144 valence electrons. The number of anilines is 2. The quantitative estimate of drug-likeness (QED) is 0.847. The highest BCUT2D eigenvalue weighted by molar-refractivity contribution is 5.91. The van der Waals surface area contributed by atoms with Crippen LogP contribution in [0, 0.1) is 0 Å². The molecule has 2 aromatic rings. The average molecular weight is 367 g/mol. The lowest BCUT2D eigenvalue weighted by Gasteiger charge is -2.32. The zero-order valence-electron chi connectivity index (χ0n) is 17.0. The molecule has 0 aromatic heterocycles. The highest BCUT2D eigenvalue weighted by Crippen LogP contribution is 2.34. The summed E-state index contributed by atoms with van der Waals surface area (Å²) in [6.45, 7) is 9.52. The molecule has 0 saturated carbocycles. The minimum absolute atomic E-state index is 0.0302. The van der Waals surface area contributed by atoms with Gasteiger partial charge in [-0.05, 0) is 48.1 Å². The van der Waals surface area contributed by atoms with Gasteiger partial charge in [-0.1, -0.05) is 45.0 Å². The van der Waals surface area contributed by atoms with Crippen molar-refractivity contribution in [3.63, 3.8) is 0 Å². The highest BCUT2D eigenvalue weighted by Gasteiger charge is 2.20. The summed E-state index contributed by atoms with van der Waals surface area (Å²) in [7, 11) is 2.05. The summed E-state index contributed by atoms with van der Waals surface area (Å²) in [5, 5.41) is 3.01. The molecule has 1 unspecified atom stereocenters. The molecule has 1 aliphatic heterocycles. The first-order valence-corrected chi connectivity index (χ1v) is 9.63. The maximum absolute atomic E-state index is 12.4. The molecule has 0 aliphatic carbocycles. The summed E-state index contributed by atoms with van der Waals surface area (Å²) in [5.74, 6) is 0.899. The Morgan fingerprint density at radius 3 is 2.56 bits per heavy atom. The lowest BCUT2D eigenvalue weighted by Crippen LogP contribution is -2.35. The Kier molecular flexibility index (Phi) is 5.45. The van der Waals surface area contributed by atoms with Gasteiger partial charge in [-0.2, -0.15) is 0 Å². The molecule has 0 saturated heterocycles. The summed E-state index contributed by atoms with van der Waals surface area (Å²) in [4.78, 5) is 14.5. The molecular weight excluding hydrogens is 336 g/mol. The van der Waals surface area contributed by atoms with E-state index in [-0.39, 0.29) is 17.4 Å². The van der Waals surface area contributed by atoms with Crippen molar-refractivity contribution < 1.29 is 9.53 Å². The van der Waals surface area contributed by atoms with Crippen LogP contribution in [0.4, 0.5) is 11.4 Å². The van der Waals surface area contributed by atoms with E-state index >= 15 is 0 Å². The molecule has 0 bridgehead atoms. The molecule has 4 nitrogen and oxygen atoms in total. The van der Waals surface area contributed by atoms with Gasteiger partial charge in [-0.25, -0.2) is 0 Å². The minimum atomic E-state index is 0.0302. The zero-order chi connectivity index (χ0) is 19.6. The molecule has 4 heteroatoms. The van der Waals surface area contributed by atoms with E-state index in [1.54, 1.807) is 0 Å². The largest absolute Gasteiger partial charge is 0.487 e. The van der Waals surface area contributed by atoms with Crippen LogP contribution in [0.1, 0.15) is 45.2 Å². The number of amides is 1. The first-order chi connectivity index (χ1) is 12.7. The maximum atomic E-state index is 12.4. The number of nitrogens with zero attached hydrogens (tertiary/aromatic N) is 1. The van der Waals surface area contributed by atoms with Gasteiger partial charge in [-0.3, -0.25) is 4.79 Å². The van der Waals surface area contributed by atoms with Crippen LogP contribution in [0.2, 0.25) is 0 Å². The number of fused-ring (bicyclic) bond motifs is 1. The van der Waals surface area contributed by atoms with E-state index in [9.17, 15) is 4.79 Å². The SMILES string of the molecule is CC1CN(C)c2cc(NC(=O)CCc3ccc(C(C)(C)C)cc3)ccc2O1. The Morgan fingerprint density at radius 1 is 1.19 bits per heavy atom. The van der Waals surface area contributed by atoms with E-state index in [0.29, 0.717) is 6.42 Å². The second-order valence-corrected chi connectivity index (χ2v) is 8.49. The van der Waals surface area contributed by atoms with E-state index in [2.05, 4.69) is 62.2 Å². The van der Waals surface area contributed by atoms with Crippen molar-refractivity contribution >= 4 is 17.3 Å². The van der Waals surface area contributed by atoms with Gasteiger partial charge >= 0.3 is 0 Å². The van der Waals surface area contributed by atoms with E-state index < -0.39 is 0 Å². The van der Waals surface area contributed by atoms with E-state index in [4.69, 9.17) is 4.74 Å². The Hall–Kier alpha value is -2.49. The summed E-state index contributed by atoms with van der Waals surface area (Å²) in [6, 6.07) is 14.4. The molecule has 3 rings (SSSR count). The Bertz CT molecular complexity index is 806. The number of carbonyl (C=O) groups is 1. The molecule has 1 aliphatic rings. The average Bonchev–Trinajstić information content (AvgIpc) is 2.60. The van der Waals surface area contributed by atoms with E-state index in [0.717, 1.165) is 30.1 Å². The van der Waals surface area contributed by atoms with Crippen molar-refractivity contribution in [3.8, 4) is 5.75 Å². The monoisotopic (exact) mass is 366 g/mol. The third-order valence-electron chi connectivity index (χ3n) is 4.97. The van der Waals surface area contributed by atoms with Crippen molar-refractivity contribution in [3.05, 3.63) is 53.6 Å². The fourth-order valence-corrected chi connectivity index (χ4v) is 3.38. The van der Waals surface area contributed by atoms with Crippen molar-refractivity contribution in [1.29, 1.82) is 0 Å². The van der Waals surface area contributed by atoms with Gasteiger partial charge in [0.2, 0.25) is 5.91 Å². The molecule has 0 fully saturated rings. The molecule has 27 heavy (non-hydrogen) atoms. The van der Waals surface area contributed by atoms with E-state index in [1.807, 2.05) is 25.2 Å². The fourth-order valence-electron chi connectivity index (χ4n) is 3.38. The van der Waals surface area contributed by atoms with Crippen LogP contribution < -0.4 is 15.0 Å². The lowest BCUT2D eigenvalue weighted by atomic mass is 9.86. The number of likely N-dealkylation sites (N-methyl/N-ethyl adjacent to an activating group) is 1. The van der Waals surface area contributed by atoms with Gasteiger partial charge in [0.05, 0.1) is 12.2 Å². The van der Waals surface area contributed by atoms with Crippen LogP contribution in [-0.2, 0) is 16.6 Å². The first kappa shape index (κ1) is 19.3. The third kappa shape index (κ3) is 4.82. The molecule has 1 atom stereocenters. The number of rotatable bonds is 4. The first-order valence-electron chi connectivity index (χ1n) is 9.63. The molecule has 1 N–H and O–H groups in total. The van der Waals surface area contributed by atoms with Crippen LogP contribution in [-0.4, -0.2) is 25.6 Å². The van der Waals surface area contributed by atoms with Crippen LogP contribution >= 0.6 is 0 Å². The van der Waals surface area contributed by atoms with Crippen molar-refractivity contribution in [2.24, 2.45) is 0 Å². The Balaban J connectivity index is 1.58. The Labute approximate surface area is 162 Å². The van der Waals surface area contributed by atoms with Crippen molar-refractivity contribution in [2.75, 3.05) is 23.8 Å². The topological polar surface area (TPSA) is 41.6 Å². The minimum Gasteiger partial charge on any atom is -0.487 e. The van der Waals surface area contributed by atoms with Gasteiger partial charge in [-0.15, -0.1) is 0 Å². The number of hydrogen-bond donors (Lipinski definition) is 1.